The van der Waals surface area contributed by atoms with Gasteiger partial charge in [-0.15, -0.1) is 0 Å². The van der Waals surface area contributed by atoms with Crippen molar-refractivity contribution in [3.8, 4) is 0 Å². The lowest BCUT2D eigenvalue weighted by Crippen LogP contribution is -2.45. The number of halogens is 1. The van der Waals surface area contributed by atoms with E-state index in [2.05, 4.69) is 67.4 Å². The summed E-state index contributed by atoms with van der Waals surface area (Å²) in [7, 11) is -1.49. The van der Waals surface area contributed by atoms with E-state index in [1.807, 2.05) is 0 Å². The van der Waals surface area contributed by atoms with Crippen molar-refractivity contribution >= 4 is 30.9 Å². The summed E-state index contributed by atoms with van der Waals surface area (Å²) < 4.78 is 8.89. The molecule has 0 aromatic heterocycles. The average molecular weight is 382 g/mol. The number of rotatable bonds is 10. The summed E-state index contributed by atoms with van der Waals surface area (Å²) in [6.07, 6.45) is 7.04. The summed E-state index contributed by atoms with van der Waals surface area (Å²) in [5, 5.41) is 0. The maximum Gasteiger partial charge on any atom is 0.192 e. The van der Waals surface area contributed by atoms with Crippen LogP contribution in [0.5, 0.6) is 0 Å². The van der Waals surface area contributed by atoms with Gasteiger partial charge in [-0.05, 0) is 42.0 Å². The molecule has 0 radical (unpaired) electrons. The molecule has 18 heavy (non-hydrogen) atoms. The lowest BCUT2D eigenvalue weighted by Gasteiger charge is -2.40. The number of hydrogen-bond donors (Lipinski definition) is 0. The third-order valence-corrected chi connectivity index (χ3v) is 9.39. The Balaban J connectivity index is 4.83. The molecular formula is C15H31IOSi. The molecule has 1 nitrogen and oxygen atoms in total. The van der Waals surface area contributed by atoms with Crippen LogP contribution in [0.4, 0.5) is 0 Å². The molecule has 108 valence electrons. The molecule has 0 N–H and O–H groups in total. The molecule has 1 atom stereocenters. The van der Waals surface area contributed by atoms with Crippen LogP contribution in [-0.4, -0.2) is 13.9 Å². The Morgan fingerprint density at radius 3 is 2.06 bits per heavy atom. The molecule has 0 aliphatic heterocycles. The second-order valence-electron chi connectivity index (χ2n) is 5.47. The van der Waals surface area contributed by atoms with Crippen molar-refractivity contribution in [3.63, 3.8) is 0 Å². The van der Waals surface area contributed by atoms with Crippen LogP contribution in [-0.2, 0) is 4.43 Å². The van der Waals surface area contributed by atoms with Crippen LogP contribution in [0, 0.1) is 0 Å². The minimum atomic E-state index is -1.49. The zero-order valence-corrected chi connectivity index (χ0v) is 16.0. The molecule has 0 unspecified atom stereocenters. The van der Waals surface area contributed by atoms with Crippen molar-refractivity contribution in [2.75, 3.05) is 0 Å². The van der Waals surface area contributed by atoms with Gasteiger partial charge in [0.1, 0.15) is 0 Å². The molecule has 0 spiro atoms. The third kappa shape index (κ3) is 6.20. The molecule has 0 bridgehead atoms. The monoisotopic (exact) mass is 382 g/mol. The lowest BCUT2D eigenvalue weighted by atomic mass is 9.96. The lowest BCUT2D eigenvalue weighted by molar-refractivity contribution is 0.0667. The Morgan fingerprint density at radius 2 is 1.67 bits per heavy atom. The largest absolute Gasteiger partial charge is 0.411 e. The van der Waals surface area contributed by atoms with Gasteiger partial charge in [-0.25, -0.2) is 0 Å². The summed E-state index contributed by atoms with van der Waals surface area (Å²) in [6, 6.07) is 3.74. The number of hydrogen-bond acceptors (Lipinski definition) is 1. The molecule has 0 heterocycles. The Morgan fingerprint density at radius 1 is 1.11 bits per heavy atom. The highest BCUT2D eigenvalue weighted by atomic mass is 127. The van der Waals surface area contributed by atoms with Gasteiger partial charge >= 0.3 is 0 Å². The maximum atomic E-state index is 6.76. The smallest absolute Gasteiger partial charge is 0.192 e. The standard InChI is InChI=1S/C15H31IOSi/c1-6-10-12-15(5,13-11-14-16)17-18(7-2,8-3)9-4/h11,14H,6-10,12-13H2,1-5H3/t15-/m1/s1. The van der Waals surface area contributed by atoms with E-state index in [0.29, 0.717) is 0 Å². The van der Waals surface area contributed by atoms with E-state index in [-0.39, 0.29) is 5.60 Å². The van der Waals surface area contributed by atoms with Crippen molar-refractivity contribution < 1.29 is 4.43 Å². The van der Waals surface area contributed by atoms with E-state index >= 15 is 0 Å². The molecule has 0 aromatic rings. The second kappa shape index (κ2) is 9.53. The second-order valence-corrected chi connectivity index (χ2v) is 10.9. The van der Waals surface area contributed by atoms with E-state index < -0.39 is 8.32 Å². The Kier molecular flexibility index (Phi) is 9.88. The fourth-order valence-electron chi connectivity index (χ4n) is 2.53. The first-order valence-electron chi connectivity index (χ1n) is 7.46. The molecule has 3 heteroatoms. The van der Waals surface area contributed by atoms with Crippen LogP contribution in [0.3, 0.4) is 0 Å². The van der Waals surface area contributed by atoms with Crippen LogP contribution < -0.4 is 0 Å². The van der Waals surface area contributed by atoms with Gasteiger partial charge in [0.25, 0.3) is 0 Å². The minimum Gasteiger partial charge on any atom is -0.411 e. The first-order chi connectivity index (χ1) is 8.51. The van der Waals surface area contributed by atoms with Gasteiger partial charge < -0.3 is 4.43 Å². The van der Waals surface area contributed by atoms with Gasteiger partial charge in [0.05, 0.1) is 5.60 Å². The minimum absolute atomic E-state index is 0.0614. The normalized spacial score (nSPS) is 16.1. The quantitative estimate of drug-likeness (QED) is 0.318. The molecule has 0 aliphatic carbocycles. The van der Waals surface area contributed by atoms with Gasteiger partial charge in [0.2, 0.25) is 0 Å². The first kappa shape index (κ1) is 18.6. The summed E-state index contributed by atoms with van der Waals surface area (Å²) >= 11 is 2.31. The predicted molar refractivity (Wildman–Crippen MR) is 94.0 cm³/mol. The van der Waals surface area contributed by atoms with Crippen molar-refractivity contribution in [3.05, 3.63) is 10.2 Å². The molecule has 0 rings (SSSR count). The van der Waals surface area contributed by atoms with E-state index in [4.69, 9.17) is 4.43 Å². The summed E-state index contributed by atoms with van der Waals surface area (Å²) in [5.41, 5.74) is 0.0614. The Labute approximate surface area is 129 Å². The molecule has 0 saturated heterocycles. The predicted octanol–water partition coefficient (Wildman–Crippen LogP) is 6.30. The van der Waals surface area contributed by atoms with E-state index in [0.717, 1.165) is 6.42 Å². The van der Waals surface area contributed by atoms with Crippen LogP contribution in [0.2, 0.25) is 18.1 Å². The maximum absolute atomic E-state index is 6.76. The highest BCUT2D eigenvalue weighted by Gasteiger charge is 2.36. The average Bonchev–Trinajstić information content (AvgIpc) is 2.41. The van der Waals surface area contributed by atoms with Crippen molar-refractivity contribution in [2.24, 2.45) is 0 Å². The molecule has 0 amide bonds. The van der Waals surface area contributed by atoms with Crippen molar-refractivity contribution in [1.29, 1.82) is 0 Å². The van der Waals surface area contributed by atoms with Gasteiger partial charge in [-0.1, -0.05) is 69.2 Å². The van der Waals surface area contributed by atoms with E-state index in [1.165, 1.54) is 37.4 Å². The Bertz CT molecular complexity index is 230. The van der Waals surface area contributed by atoms with Gasteiger partial charge in [0.15, 0.2) is 8.32 Å². The fraction of sp³-hybridized carbons (Fsp3) is 0.867. The topological polar surface area (TPSA) is 9.23 Å². The molecule has 0 fully saturated rings. The van der Waals surface area contributed by atoms with Crippen LogP contribution in [0.1, 0.15) is 60.3 Å². The molecule has 0 aromatic carbocycles. The zero-order valence-electron chi connectivity index (χ0n) is 12.9. The summed E-state index contributed by atoms with van der Waals surface area (Å²) in [6.45, 7) is 11.5. The van der Waals surface area contributed by atoms with Gasteiger partial charge in [-0.3, -0.25) is 0 Å². The first-order valence-corrected chi connectivity index (χ1v) is 11.2. The molecule has 0 saturated carbocycles. The Hall–Kier alpha value is 0.647. The fourth-order valence-corrected chi connectivity index (χ4v) is 5.95. The van der Waals surface area contributed by atoms with Crippen LogP contribution in [0.25, 0.3) is 0 Å². The molecule has 0 aliphatic rings. The van der Waals surface area contributed by atoms with Crippen molar-refractivity contribution in [2.45, 2.75) is 84.0 Å². The van der Waals surface area contributed by atoms with E-state index in [1.54, 1.807) is 0 Å². The summed E-state index contributed by atoms with van der Waals surface area (Å²) in [5.74, 6) is 0. The van der Waals surface area contributed by atoms with Gasteiger partial charge in [0, 0.05) is 0 Å². The van der Waals surface area contributed by atoms with Gasteiger partial charge in [-0.2, -0.15) is 0 Å². The van der Waals surface area contributed by atoms with Crippen LogP contribution >= 0.6 is 22.6 Å². The highest BCUT2D eigenvalue weighted by Crippen LogP contribution is 2.33. The molecular weight excluding hydrogens is 351 g/mol. The SMILES string of the molecule is CCCC[C@](C)(CC=CI)O[Si](CC)(CC)CC. The summed E-state index contributed by atoms with van der Waals surface area (Å²) in [4.78, 5) is 0. The van der Waals surface area contributed by atoms with E-state index in [9.17, 15) is 0 Å². The van der Waals surface area contributed by atoms with Crippen LogP contribution in [0.15, 0.2) is 10.2 Å². The highest BCUT2D eigenvalue weighted by molar-refractivity contribution is 14.1. The van der Waals surface area contributed by atoms with Crippen molar-refractivity contribution in [1.82, 2.24) is 0 Å². The third-order valence-electron chi connectivity index (χ3n) is 4.09. The number of unbranched alkanes of at least 4 members (excludes halogenated alkanes) is 1. The zero-order chi connectivity index (χ0) is 14.1.